The Kier molecular flexibility index (Phi) is 5.78. The van der Waals surface area contributed by atoms with Gasteiger partial charge in [-0.25, -0.2) is 4.79 Å². The van der Waals surface area contributed by atoms with Gasteiger partial charge in [0.2, 0.25) is 12.5 Å². The Labute approximate surface area is 183 Å². The molecule has 1 aromatic heterocycles. The number of aromatic amines is 1. The summed E-state index contributed by atoms with van der Waals surface area (Å²) in [6.07, 6.45) is 0. The van der Waals surface area contributed by atoms with Crippen molar-refractivity contribution in [2.75, 3.05) is 21.0 Å². The van der Waals surface area contributed by atoms with Crippen LogP contribution < -0.4 is 48.5 Å². The van der Waals surface area contributed by atoms with E-state index < -0.39 is 5.97 Å². The smallest absolute Gasteiger partial charge is 1.00 e. The first-order valence-corrected chi connectivity index (χ1v) is 7.93. The molecule has 0 saturated carbocycles. The van der Waals surface area contributed by atoms with Crippen LogP contribution in [0.25, 0.3) is 22.5 Å². The largest absolute Gasteiger partial charge is 1.00 e. The van der Waals surface area contributed by atoms with E-state index in [-0.39, 0.29) is 49.1 Å². The number of benzene rings is 2. The molecule has 0 spiro atoms. The zero-order valence-corrected chi connectivity index (χ0v) is 17.5. The van der Waals surface area contributed by atoms with Crippen molar-refractivity contribution in [1.29, 1.82) is 0 Å². The van der Waals surface area contributed by atoms with Gasteiger partial charge in [-0.15, -0.1) is 0 Å². The van der Waals surface area contributed by atoms with E-state index in [1.165, 1.54) is 20.3 Å². The molecule has 0 radical (unpaired) electrons. The van der Waals surface area contributed by atoms with Crippen LogP contribution in [-0.4, -0.2) is 47.5 Å². The van der Waals surface area contributed by atoms with E-state index in [1.54, 1.807) is 24.3 Å². The van der Waals surface area contributed by atoms with Gasteiger partial charge in [-0.05, 0) is 30.3 Å². The SMILES string of the molecule is COc1ccc(-c2n[nH]nc2-c2cc(OC)c3c(c2)OCO3)cc1C(=O)O.[H-].[Na+]. The van der Waals surface area contributed by atoms with Crippen LogP contribution in [0, 0.1) is 0 Å². The number of hydrogen-bond acceptors (Lipinski definition) is 7. The number of carbonyl (C=O) groups is 1. The van der Waals surface area contributed by atoms with Crippen molar-refractivity contribution < 1.29 is 59.8 Å². The minimum absolute atomic E-state index is 0. The van der Waals surface area contributed by atoms with E-state index in [1.807, 2.05) is 0 Å². The summed E-state index contributed by atoms with van der Waals surface area (Å²) in [5.74, 6) is 0.752. The number of fused-ring (bicyclic) bond motifs is 1. The van der Waals surface area contributed by atoms with Gasteiger partial charge in [0.1, 0.15) is 22.7 Å². The van der Waals surface area contributed by atoms with Gasteiger partial charge in [0.25, 0.3) is 0 Å². The van der Waals surface area contributed by atoms with Crippen molar-refractivity contribution in [2.45, 2.75) is 0 Å². The van der Waals surface area contributed by atoms with Crippen LogP contribution in [0.1, 0.15) is 11.8 Å². The maximum absolute atomic E-state index is 11.5. The summed E-state index contributed by atoms with van der Waals surface area (Å²) in [6, 6.07) is 8.32. The maximum atomic E-state index is 11.5. The van der Waals surface area contributed by atoms with Crippen molar-refractivity contribution in [3.05, 3.63) is 35.9 Å². The first-order valence-electron chi connectivity index (χ1n) is 7.93. The van der Waals surface area contributed by atoms with Crippen LogP contribution in [0.5, 0.6) is 23.0 Å². The molecule has 0 amide bonds. The fraction of sp³-hybridized carbons (Fsp3) is 0.167. The van der Waals surface area contributed by atoms with Crippen molar-refractivity contribution in [3.63, 3.8) is 0 Å². The second-order valence-corrected chi connectivity index (χ2v) is 5.65. The Hall–Kier alpha value is -2.75. The zero-order chi connectivity index (χ0) is 19.0. The molecule has 3 aromatic rings. The number of aromatic nitrogens is 3. The zero-order valence-electron chi connectivity index (χ0n) is 16.5. The van der Waals surface area contributed by atoms with Gasteiger partial charge in [-0.3, -0.25) is 0 Å². The molecule has 28 heavy (non-hydrogen) atoms. The number of rotatable bonds is 5. The van der Waals surface area contributed by atoms with Gasteiger partial charge >= 0.3 is 35.5 Å². The molecule has 10 heteroatoms. The minimum atomic E-state index is -1.09. The number of aromatic carboxylic acids is 1. The molecular weight excluding hydrogens is 377 g/mol. The molecule has 9 nitrogen and oxygen atoms in total. The number of nitrogens with zero attached hydrogens (tertiary/aromatic N) is 2. The van der Waals surface area contributed by atoms with E-state index in [2.05, 4.69) is 15.4 Å². The van der Waals surface area contributed by atoms with E-state index in [9.17, 15) is 9.90 Å². The monoisotopic (exact) mass is 393 g/mol. The molecule has 0 aliphatic carbocycles. The van der Waals surface area contributed by atoms with Gasteiger partial charge < -0.3 is 25.5 Å². The van der Waals surface area contributed by atoms with E-state index in [4.69, 9.17) is 18.9 Å². The third kappa shape index (κ3) is 3.39. The van der Waals surface area contributed by atoms with Gasteiger partial charge in [0.05, 0.1) is 14.2 Å². The number of H-pyrrole nitrogens is 1. The van der Waals surface area contributed by atoms with Crippen LogP contribution in [0.15, 0.2) is 30.3 Å². The number of carboxylic acid groups (broad SMARTS) is 1. The van der Waals surface area contributed by atoms with Gasteiger partial charge in [0.15, 0.2) is 11.5 Å². The Balaban J connectivity index is 0.00000150. The Morgan fingerprint density at radius 2 is 1.79 bits per heavy atom. The Morgan fingerprint density at radius 1 is 1.07 bits per heavy atom. The predicted molar refractivity (Wildman–Crippen MR) is 94.6 cm³/mol. The first kappa shape index (κ1) is 20.0. The first-order chi connectivity index (χ1) is 13.1. The van der Waals surface area contributed by atoms with Crippen molar-refractivity contribution in [2.24, 2.45) is 0 Å². The molecule has 2 aromatic carbocycles. The number of nitrogens with one attached hydrogen (secondary N) is 1. The molecule has 0 bridgehead atoms. The van der Waals surface area contributed by atoms with Crippen molar-refractivity contribution >= 4 is 5.97 Å². The molecule has 0 unspecified atom stereocenters. The predicted octanol–water partition coefficient (Wildman–Crippen LogP) is -0.301. The van der Waals surface area contributed by atoms with Crippen LogP contribution in [0.3, 0.4) is 0 Å². The van der Waals surface area contributed by atoms with E-state index in [0.717, 1.165) is 0 Å². The summed E-state index contributed by atoms with van der Waals surface area (Å²) in [6.45, 7) is 0.112. The fourth-order valence-electron chi connectivity index (χ4n) is 2.92. The quantitative estimate of drug-likeness (QED) is 0.568. The normalized spacial score (nSPS) is 11.6. The molecule has 140 valence electrons. The number of carboxylic acids is 1. The third-order valence-electron chi connectivity index (χ3n) is 4.18. The van der Waals surface area contributed by atoms with Crippen LogP contribution >= 0.6 is 0 Å². The van der Waals surface area contributed by atoms with Crippen LogP contribution in [0.2, 0.25) is 0 Å². The van der Waals surface area contributed by atoms with Gasteiger partial charge in [-0.1, -0.05) is 0 Å². The summed E-state index contributed by atoms with van der Waals surface area (Å²) in [5, 5.41) is 20.4. The molecule has 0 atom stereocenters. The molecule has 1 aliphatic rings. The summed E-state index contributed by atoms with van der Waals surface area (Å²) in [5.41, 5.74) is 2.31. The Bertz CT molecular complexity index is 1040. The molecule has 0 saturated heterocycles. The molecule has 0 fully saturated rings. The molecule has 1 aliphatic heterocycles. The average molecular weight is 393 g/mol. The van der Waals surface area contributed by atoms with Crippen LogP contribution in [0.4, 0.5) is 0 Å². The summed E-state index contributed by atoms with van der Waals surface area (Å²) in [7, 11) is 2.95. The summed E-state index contributed by atoms with van der Waals surface area (Å²) < 4.78 is 21.3. The Morgan fingerprint density at radius 3 is 2.46 bits per heavy atom. The van der Waals surface area contributed by atoms with E-state index in [0.29, 0.717) is 39.8 Å². The van der Waals surface area contributed by atoms with E-state index >= 15 is 0 Å². The average Bonchev–Trinajstić information content (AvgIpc) is 3.35. The molecular formula is C18H16N3NaO6. The van der Waals surface area contributed by atoms with Gasteiger partial charge in [0, 0.05) is 11.1 Å². The number of hydrogen-bond donors (Lipinski definition) is 2. The van der Waals surface area contributed by atoms with Crippen molar-refractivity contribution in [1.82, 2.24) is 15.4 Å². The maximum Gasteiger partial charge on any atom is 1.00 e. The molecule has 2 N–H and O–H groups in total. The number of methoxy groups -OCH3 is 2. The third-order valence-corrected chi connectivity index (χ3v) is 4.18. The molecule has 4 rings (SSSR count). The standard InChI is InChI=1S/C18H15N3O6.Na.H/c1-24-12-4-3-9(5-11(12)18(22)23)15-16(20-21-19-15)10-6-13(25-2)17-14(7-10)26-8-27-17;;/h3-7H,8H2,1-2H3,(H,22,23)(H,19,20,21);;/q;+1;-1. The van der Waals surface area contributed by atoms with Crippen molar-refractivity contribution in [3.8, 4) is 45.5 Å². The minimum Gasteiger partial charge on any atom is -1.00 e. The fourth-order valence-corrected chi connectivity index (χ4v) is 2.92. The number of ether oxygens (including phenoxy) is 4. The topological polar surface area (TPSA) is 116 Å². The summed E-state index contributed by atoms with van der Waals surface area (Å²) in [4.78, 5) is 11.5. The van der Waals surface area contributed by atoms with Gasteiger partial charge in [-0.2, -0.15) is 15.4 Å². The second kappa shape index (κ2) is 8.09. The molecule has 2 heterocycles. The second-order valence-electron chi connectivity index (χ2n) is 5.65. The summed E-state index contributed by atoms with van der Waals surface area (Å²) >= 11 is 0. The van der Waals surface area contributed by atoms with Crippen LogP contribution in [-0.2, 0) is 0 Å².